The van der Waals surface area contributed by atoms with Gasteiger partial charge in [-0.3, -0.25) is 83.8 Å². The monoisotopic (exact) mass is 2690 g/mol. The molecule has 0 N–H and O–H groups in total. The first kappa shape index (κ1) is 116. The second-order valence-electron chi connectivity index (χ2n) is 30.4. The van der Waals surface area contributed by atoms with Crippen LogP contribution in [0.4, 0.5) is 43.9 Å². The van der Waals surface area contributed by atoms with Crippen molar-refractivity contribution in [1.82, 2.24) is 96.3 Å². The summed E-state index contributed by atoms with van der Waals surface area (Å²) >= 11 is 2.94. The van der Waals surface area contributed by atoms with E-state index in [0.717, 1.165) is 122 Å². The molecule has 0 spiro atoms. The van der Waals surface area contributed by atoms with Crippen LogP contribution in [0.15, 0.2) is 283 Å². The first-order valence-electron chi connectivity index (χ1n) is 41.6. The normalized spacial score (nSPS) is 9.99. The van der Waals surface area contributed by atoms with E-state index in [9.17, 15) is 43.9 Å². The first-order chi connectivity index (χ1) is 68.4. The topological polar surface area (TPSA) is 242 Å². The number of halogens is 12. The summed E-state index contributed by atoms with van der Waals surface area (Å²) in [7, 11) is 24.6. The van der Waals surface area contributed by atoms with Gasteiger partial charge in [0.05, 0.1) is 62.3 Å². The molecule has 8 aromatic carbocycles. The minimum atomic E-state index is -0.694. The van der Waals surface area contributed by atoms with Gasteiger partial charge in [0, 0.05) is 173 Å². The second kappa shape index (κ2) is 58.2. The summed E-state index contributed by atoms with van der Waals surface area (Å²) in [6, 6.07) is 62.4. The molecule has 0 atom stereocenters. The molecule has 0 aliphatic heterocycles. The summed E-state index contributed by atoms with van der Waals surface area (Å²) < 4.78 is 146. The number of rotatable bonds is 12. The first-order valence-corrected chi connectivity index (χ1v) is 47.6. The summed E-state index contributed by atoms with van der Waals surface area (Å²) in [4.78, 5) is 50.3. The maximum Gasteiger partial charge on any atom is 3.00 e. The summed E-state index contributed by atoms with van der Waals surface area (Å²) in [6.45, 7) is 17.9. The van der Waals surface area contributed by atoms with Crippen molar-refractivity contribution < 1.29 is 120 Å². The molecule has 38 heteroatoms. The van der Waals surface area contributed by atoms with E-state index in [2.05, 4.69) is 167 Å². The van der Waals surface area contributed by atoms with E-state index in [1.54, 1.807) is 159 Å². The molecule has 12 heterocycles. The van der Waals surface area contributed by atoms with Gasteiger partial charge >= 0.3 is 95.2 Å². The van der Waals surface area contributed by atoms with Gasteiger partial charge in [-0.25, -0.2) is 0 Å². The van der Waals surface area contributed by atoms with Crippen LogP contribution >= 0.6 is 19.2 Å². The van der Waals surface area contributed by atoms with Crippen molar-refractivity contribution in [3.05, 3.63) is 425 Å². The molecule has 0 bridgehead atoms. The number of aryl methyl sites for hydroxylation is 12. The Labute approximate surface area is 882 Å². The minimum absolute atomic E-state index is 0. The minimum Gasteiger partial charge on any atom is 3.00 e. The van der Waals surface area contributed by atoms with Crippen molar-refractivity contribution in [2.45, 2.75) is 27.7 Å². The van der Waals surface area contributed by atoms with Gasteiger partial charge in [-0.2, -0.15) is 0 Å². The van der Waals surface area contributed by atoms with Crippen molar-refractivity contribution >= 4 is 19.2 Å². The SMILES string of the molecule is Cc1cc(C)c(-c2cn(C)cn2)[c-]c1-c1cn(C)cn1.Cc1cc(C)c(-c2cn(C)cn2)[c-]c1-c1cn(C)cn1.Cn1cnc(-c2[c-]c(-c3cn(C)cn3)c(F)cc2F)c1.Cn1cnc(-c2[c-]c(-c3cn(C)cn3)ccc2)c1.Fc1c[c-]c(-c2ccccn2)c(F)c1.Fc1c[c-]c(-c2ccccn2)c(F)c1.Fc1c[c-]c(-c2ccccn2)c(F)c1.Fc1c[c-]c(-c2ccccn2)c(F)c1.[C-]#N.[C-]#N.[Cl][Ir+2].[Cl][Ir+2].[Ir+3].[Ir+3]. The van der Waals surface area contributed by atoms with Gasteiger partial charge in [0.15, 0.2) is 0 Å². The Morgan fingerprint density at radius 1 is 0.236 bits per heavy atom. The molecule has 20 aromatic rings. The van der Waals surface area contributed by atoms with E-state index < -0.39 is 58.2 Å². The number of imidazole rings is 8. The van der Waals surface area contributed by atoms with Gasteiger partial charge < -0.3 is 80.1 Å². The van der Waals surface area contributed by atoms with Crippen LogP contribution in [0.5, 0.6) is 0 Å². The Morgan fingerprint density at radius 3 is 0.618 bits per heavy atom. The van der Waals surface area contributed by atoms with E-state index in [4.69, 9.17) is 23.7 Å². The van der Waals surface area contributed by atoms with E-state index in [0.29, 0.717) is 34.2 Å². The summed E-state index contributed by atoms with van der Waals surface area (Å²) in [6.07, 6.45) is 35.4. The van der Waals surface area contributed by atoms with E-state index in [-0.39, 0.29) is 73.6 Å². The molecule has 0 saturated carbocycles. The average molecular weight is 2690 g/mol. The average Bonchev–Trinajstić information content (AvgIpc) is 1.60. The maximum atomic E-state index is 13.9. The van der Waals surface area contributed by atoms with Crippen molar-refractivity contribution in [3.63, 3.8) is 0 Å². The molecule has 0 radical (unpaired) electrons. The van der Waals surface area contributed by atoms with Gasteiger partial charge in [0.25, 0.3) is 0 Å². The van der Waals surface area contributed by atoms with Crippen molar-refractivity contribution in [2.24, 2.45) is 56.4 Å². The number of hydrogen-bond acceptors (Lipinski definition) is 14. The Bertz CT molecular complexity index is 6570. The molecule has 0 saturated heterocycles. The van der Waals surface area contributed by atoms with Crippen LogP contribution in [0.2, 0.25) is 0 Å². The van der Waals surface area contributed by atoms with Crippen LogP contribution in [0.25, 0.3) is 135 Å². The third kappa shape index (κ3) is 33.3. The Balaban J connectivity index is 0.000000221. The van der Waals surface area contributed by atoms with Gasteiger partial charge in [-0.1, -0.05) is 173 Å². The van der Waals surface area contributed by atoms with Crippen molar-refractivity contribution in [2.75, 3.05) is 0 Å². The van der Waals surface area contributed by atoms with Gasteiger partial charge in [-0.05, 0) is 96.6 Å². The van der Waals surface area contributed by atoms with Crippen LogP contribution in [0.3, 0.4) is 0 Å². The molecule has 0 aliphatic carbocycles. The van der Waals surface area contributed by atoms with Crippen molar-refractivity contribution in [3.8, 4) is 135 Å². The van der Waals surface area contributed by atoms with Crippen LogP contribution in [0, 0.1) is 158 Å². The molecule has 12 aromatic heterocycles. The third-order valence-electron chi connectivity index (χ3n) is 19.6. The van der Waals surface area contributed by atoms with Gasteiger partial charge in [-0.15, -0.1) is 125 Å². The maximum absolute atomic E-state index is 13.9. The van der Waals surface area contributed by atoms with Gasteiger partial charge in [0.2, 0.25) is 0 Å². The number of pyridine rings is 4. The number of benzene rings is 8. The van der Waals surface area contributed by atoms with Gasteiger partial charge in [0.1, 0.15) is 0 Å². The number of hydrogen-bond donors (Lipinski definition) is 0. The van der Waals surface area contributed by atoms with Crippen LogP contribution in [0.1, 0.15) is 22.3 Å². The molecular formula is C106H82Cl2F10Ir4N22. The summed E-state index contributed by atoms with van der Waals surface area (Å²) in [5.74, 6) is -6.53. The molecule has 0 unspecified atom stereocenters. The fourth-order valence-electron chi connectivity index (χ4n) is 13.3. The Morgan fingerprint density at radius 2 is 0.431 bits per heavy atom. The smallest absolute Gasteiger partial charge is 3.00 e. The summed E-state index contributed by atoms with van der Waals surface area (Å²) in [5.41, 5.74) is 20.1. The quantitative estimate of drug-likeness (QED) is 0.0816. The molecule has 20 rings (SSSR count). The third-order valence-corrected chi connectivity index (χ3v) is 19.6. The number of nitrogens with zero attached hydrogens (tertiary/aromatic N) is 22. The van der Waals surface area contributed by atoms with Crippen LogP contribution in [-0.4, -0.2) is 96.3 Å². The Hall–Kier alpha value is -14.5. The van der Waals surface area contributed by atoms with E-state index in [1.165, 1.54) is 58.0 Å². The second-order valence-corrected chi connectivity index (χ2v) is 30.4. The zero-order chi connectivity index (χ0) is 103. The zero-order valence-corrected chi connectivity index (χ0v) is 89.4. The van der Waals surface area contributed by atoms with E-state index >= 15 is 0 Å². The Kier molecular flexibility index (Phi) is 47.0. The molecule has 144 heavy (non-hydrogen) atoms. The van der Waals surface area contributed by atoms with E-state index in [1.807, 2.05) is 150 Å². The number of aromatic nitrogens is 20. The van der Waals surface area contributed by atoms with Crippen LogP contribution in [-0.2, 0) is 132 Å². The molecular weight excluding hydrogens is 2610 g/mol. The van der Waals surface area contributed by atoms with Crippen molar-refractivity contribution in [1.29, 1.82) is 10.5 Å². The fraction of sp³-hybridized carbons (Fsp3) is 0.113. The van der Waals surface area contributed by atoms with Crippen LogP contribution < -0.4 is 0 Å². The fourth-order valence-corrected chi connectivity index (χ4v) is 13.3. The molecule has 22 nitrogen and oxygen atoms in total. The molecule has 0 amide bonds. The predicted molar refractivity (Wildman–Crippen MR) is 513 cm³/mol. The summed E-state index contributed by atoms with van der Waals surface area (Å²) in [5, 5.41) is 12.5. The standard InChI is InChI=1S/2C16H17N4.C14H11F2N4.C14H13N4.4C11H6F2N.2CN.2ClH.4Ir/c2*1-11-5-12(2)14(16-8-20(4)10-18-16)6-13(11)15-7-19(3)9-17-15;1-19-5-13(17-7-19)9-3-10(12(16)4-11(9)15)14-6-20(2)8-18-14;1-17-7-13(15-9-17)11-4-3-5-12(6-11)14-8-18(2)10-16-14;4*12-8-4-5-9(10(13)7-8)11-3-1-2-6-14-11;2*1-2;;;;;;/h2*5,7-10H,1-4H3;4-8H,1-2H3;3-5,7-10H,1-2H3;4*1-4,6-7H;;;2*1H;;;;/q10*-1;;;4*+3/p-2. The predicted octanol–water partition coefficient (Wildman–Crippen LogP) is 23.5. The molecule has 0 fully saturated rings. The molecule has 0 aliphatic rings. The molecule has 736 valence electrons. The zero-order valence-electron chi connectivity index (χ0n) is 78.3. The largest absolute Gasteiger partial charge is 3.00 e.